The van der Waals surface area contributed by atoms with Crippen molar-refractivity contribution in [3.05, 3.63) is 24.1 Å². The van der Waals surface area contributed by atoms with Crippen LogP contribution in [0.2, 0.25) is 0 Å². The summed E-state index contributed by atoms with van der Waals surface area (Å²) in [6, 6.07) is 4.82. The van der Waals surface area contributed by atoms with Gasteiger partial charge in [-0.15, -0.1) is 0 Å². The van der Waals surface area contributed by atoms with Crippen molar-refractivity contribution >= 4 is 21.1 Å². The van der Waals surface area contributed by atoms with Crippen LogP contribution in [-0.2, 0) is 10.0 Å². The quantitative estimate of drug-likeness (QED) is 0.900. The van der Waals surface area contributed by atoms with E-state index in [9.17, 15) is 8.42 Å². The Labute approximate surface area is 98.9 Å². The van der Waals surface area contributed by atoms with Crippen molar-refractivity contribution in [2.45, 2.75) is 30.7 Å². The van der Waals surface area contributed by atoms with Gasteiger partial charge in [-0.25, -0.2) is 18.1 Å². The SMILES string of the molecule is Cc1nc2cc(S(=O)(=O)NC3CC3)ccc2o1. The molecule has 0 amide bonds. The molecule has 1 aliphatic carbocycles. The van der Waals surface area contributed by atoms with E-state index in [0.717, 1.165) is 12.8 Å². The summed E-state index contributed by atoms with van der Waals surface area (Å²) in [5.74, 6) is 0.532. The molecule has 1 saturated carbocycles. The molecule has 1 aliphatic rings. The summed E-state index contributed by atoms with van der Waals surface area (Å²) in [6.45, 7) is 1.73. The molecule has 0 radical (unpaired) electrons. The van der Waals surface area contributed by atoms with Crippen LogP contribution in [0, 0.1) is 6.92 Å². The van der Waals surface area contributed by atoms with Crippen LogP contribution in [-0.4, -0.2) is 19.4 Å². The largest absolute Gasteiger partial charge is 0.441 e. The molecule has 3 rings (SSSR count). The number of aryl methyl sites for hydroxylation is 1. The fourth-order valence-corrected chi connectivity index (χ4v) is 3.00. The number of fused-ring (bicyclic) bond motifs is 1. The van der Waals surface area contributed by atoms with Gasteiger partial charge in [0.05, 0.1) is 4.90 Å². The van der Waals surface area contributed by atoms with E-state index < -0.39 is 10.0 Å². The number of nitrogens with zero attached hydrogens (tertiary/aromatic N) is 1. The van der Waals surface area contributed by atoms with Gasteiger partial charge in [0.15, 0.2) is 11.5 Å². The first-order chi connectivity index (χ1) is 8.04. The topological polar surface area (TPSA) is 72.2 Å². The van der Waals surface area contributed by atoms with E-state index in [-0.39, 0.29) is 10.9 Å². The predicted molar refractivity (Wildman–Crippen MR) is 62.1 cm³/mol. The Bertz CT molecular complexity index is 671. The highest BCUT2D eigenvalue weighted by atomic mass is 32.2. The van der Waals surface area contributed by atoms with Crippen LogP contribution in [0.5, 0.6) is 0 Å². The molecule has 1 aromatic heterocycles. The molecule has 0 bridgehead atoms. The first kappa shape index (κ1) is 10.7. The standard InChI is InChI=1S/C11H12N2O3S/c1-7-12-10-6-9(4-5-11(10)16-7)17(14,15)13-8-2-3-8/h4-6,8,13H,2-3H2,1H3. The lowest BCUT2D eigenvalue weighted by Gasteiger charge is -2.04. The molecule has 1 N–H and O–H groups in total. The Morgan fingerprint density at radius 2 is 2.18 bits per heavy atom. The number of rotatable bonds is 3. The van der Waals surface area contributed by atoms with Crippen molar-refractivity contribution < 1.29 is 12.8 Å². The summed E-state index contributed by atoms with van der Waals surface area (Å²) in [6.07, 6.45) is 1.84. The van der Waals surface area contributed by atoms with Gasteiger partial charge in [-0.3, -0.25) is 0 Å². The van der Waals surface area contributed by atoms with Crippen LogP contribution >= 0.6 is 0 Å². The van der Waals surface area contributed by atoms with E-state index in [1.54, 1.807) is 13.0 Å². The van der Waals surface area contributed by atoms with Gasteiger partial charge in [0.1, 0.15) is 5.52 Å². The second-order valence-electron chi connectivity index (χ2n) is 4.26. The number of oxazole rings is 1. The number of sulfonamides is 1. The van der Waals surface area contributed by atoms with Gasteiger partial charge < -0.3 is 4.42 Å². The molecule has 2 aromatic rings. The molecule has 1 heterocycles. The molecule has 0 saturated heterocycles. The van der Waals surface area contributed by atoms with Crippen LogP contribution < -0.4 is 4.72 Å². The lowest BCUT2D eigenvalue weighted by molar-refractivity contribution is 0.561. The zero-order valence-electron chi connectivity index (χ0n) is 9.30. The second kappa shape index (κ2) is 3.54. The van der Waals surface area contributed by atoms with Crippen molar-refractivity contribution in [2.24, 2.45) is 0 Å². The summed E-state index contributed by atoms with van der Waals surface area (Å²) in [4.78, 5) is 4.36. The highest BCUT2D eigenvalue weighted by Gasteiger charge is 2.28. The molecule has 17 heavy (non-hydrogen) atoms. The van der Waals surface area contributed by atoms with Crippen molar-refractivity contribution in [2.75, 3.05) is 0 Å². The molecule has 1 fully saturated rings. The van der Waals surface area contributed by atoms with Crippen molar-refractivity contribution in [1.29, 1.82) is 0 Å². The number of hydrogen-bond acceptors (Lipinski definition) is 4. The van der Waals surface area contributed by atoms with E-state index in [2.05, 4.69) is 9.71 Å². The van der Waals surface area contributed by atoms with Gasteiger partial charge in [0, 0.05) is 13.0 Å². The lowest BCUT2D eigenvalue weighted by Crippen LogP contribution is -2.25. The molecule has 0 spiro atoms. The third-order valence-electron chi connectivity index (χ3n) is 2.68. The van der Waals surface area contributed by atoms with Gasteiger partial charge in [-0.05, 0) is 31.0 Å². The van der Waals surface area contributed by atoms with Crippen molar-refractivity contribution in [1.82, 2.24) is 9.71 Å². The molecule has 0 atom stereocenters. The van der Waals surface area contributed by atoms with Crippen LogP contribution in [0.15, 0.2) is 27.5 Å². The van der Waals surface area contributed by atoms with E-state index in [1.165, 1.54) is 12.1 Å². The third kappa shape index (κ3) is 2.05. The van der Waals surface area contributed by atoms with E-state index in [0.29, 0.717) is 17.0 Å². The van der Waals surface area contributed by atoms with Gasteiger partial charge in [-0.1, -0.05) is 0 Å². The average Bonchev–Trinajstić information content (AvgIpc) is 2.95. The van der Waals surface area contributed by atoms with E-state index in [1.807, 2.05) is 0 Å². The molecular weight excluding hydrogens is 240 g/mol. The van der Waals surface area contributed by atoms with Gasteiger partial charge >= 0.3 is 0 Å². The highest BCUT2D eigenvalue weighted by molar-refractivity contribution is 7.89. The Kier molecular flexibility index (Phi) is 2.24. The minimum atomic E-state index is -3.41. The Balaban J connectivity index is 2.04. The minimum Gasteiger partial charge on any atom is -0.441 e. The number of benzene rings is 1. The maximum absolute atomic E-state index is 12.0. The maximum atomic E-state index is 12.0. The minimum absolute atomic E-state index is 0.106. The zero-order chi connectivity index (χ0) is 12.0. The second-order valence-corrected chi connectivity index (χ2v) is 5.97. The van der Waals surface area contributed by atoms with Crippen molar-refractivity contribution in [3.63, 3.8) is 0 Å². The molecule has 90 valence electrons. The Hall–Kier alpha value is -1.40. The predicted octanol–water partition coefficient (Wildman–Crippen LogP) is 1.58. The first-order valence-electron chi connectivity index (χ1n) is 5.44. The summed E-state index contributed by atoms with van der Waals surface area (Å²) in [7, 11) is -3.41. The fraction of sp³-hybridized carbons (Fsp3) is 0.364. The number of aromatic nitrogens is 1. The fourth-order valence-electron chi connectivity index (χ4n) is 1.68. The summed E-state index contributed by atoms with van der Waals surface area (Å²) >= 11 is 0. The normalized spacial score (nSPS) is 16.5. The van der Waals surface area contributed by atoms with E-state index in [4.69, 9.17) is 4.42 Å². The first-order valence-corrected chi connectivity index (χ1v) is 6.92. The number of nitrogens with one attached hydrogen (secondary N) is 1. The van der Waals surface area contributed by atoms with Crippen molar-refractivity contribution in [3.8, 4) is 0 Å². The van der Waals surface area contributed by atoms with Gasteiger partial charge in [0.25, 0.3) is 0 Å². The molecule has 6 heteroatoms. The molecule has 0 unspecified atom stereocenters. The summed E-state index contributed by atoms with van der Waals surface area (Å²) in [5.41, 5.74) is 1.18. The lowest BCUT2D eigenvalue weighted by atomic mass is 10.3. The summed E-state index contributed by atoms with van der Waals surface area (Å²) in [5, 5.41) is 0. The van der Waals surface area contributed by atoms with Crippen LogP contribution in [0.4, 0.5) is 0 Å². The van der Waals surface area contributed by atoms with Gasteiger partial charge in [-0.2, -0.15) is 0 Å². The zero-order valence-corrected chi connectivity index (χ0v) is 10.1. The monoisotopic (exact) mass is 252 g/mol. The third-order valence-corrected chi connectivity index (χ3v) is 4.19. The molecule has 1 aromatic carbocycles. The molecule has 0 aliphatic heterocycles. The van der Waals surface area contributed by atoms with Gasteiger partial charge in [0.2, 0.25) is 10.0 Å². The summed E-state index contributed by atoms with van der Waals surface area (Å²) < 4.78 is 31.9. The number of hydrogen-bond donors (Lipinski definition) is 1. The highest BCUT2D eigenvalue weighted by Crippen LogP contribution is 2.24. The molecular formula is C11H12N2O3S. The average molecular weight is 252 g/mol. The van der Waals surface area contributed by atoms with Crippen LogP contribution in [0.25, 0.3) is 11.1 Å². The molecule has 5 nitrogen and oxygen atoms in total. The van der Waals surface area contributed by atoms with Crippen LogP contribution in [0.3, 0.4) is 0 Å². The van der Waals surface area contributed by atoms with Crippen LogP contribution in [0.1, 0.15) is 18.7 Å². The maximum Gasteiger partial charge on any atom is 0.240 e. The smallest absolute Gasteiger partial charge is 0.240 e. The van der Waals surface area contributed by atoms with E-state index >= 15 is 0 Å². The Morgan fingerprint density at radius 3 is 2.88 bits per heavy atom. The Morgan fingerprint density at radius 1 is 1.41 bits per heavy atom.